The number of phenolic OH excluding ortho intramolecular Hbond substituents is 1. The molecule has 1 fully saturated rings. The number of carbonyl (C=O) groups excluding carboxylic acids is 1. The Kier molecular flexibility index (Phi) is 7.60. The van der Waals surface area contributed by atoms with E-state index < -0.39 is 12.2 Å². The number of hydrogen-bond donors (Lipinski definition) is 2. The lowest BCUT2D eigenvalue weighted by Gasteiger charge is -2.29. The van der Waals surface area contributed by atoms with Gasteiger partial charge in [-0.05, 0) is 43.6 Å². The van der Waals surface area contributed by atoms with Crippen molar-refractivity contribution < 1.29 is 19.7 Å². The van der Waals surface area contributed by atoms with Gasteiger partial charge in [-0.15, -0.1) is 0 Å². The number of aliphatic hydroxyl groups excluding tert-OH is 1. The van der Waals surface area contributed by atoms with Gasteiger partial charge in [0.2, 0.25) is 0 Å². The highest BCUT2D eigenvalue weighted by molar-refractivity contribution is 5.99. The predicted octanol–water partition coefficient (Wildman–Crippen LogP) is 3.05. The first-order valence-electron chi connectivity index (χ1n) is 10.0. The minimum absolute atomic E-state index is 0.110. The average Bonchev–Trinajstić information content (AvgIpc) is 2.72. The molecular formula is C23H29NO4. The second-order valence-corrected chi connectivity index (χ2v) is 7.44. The van der Waals surface area contributed by atoms with Crippen LogP contribution >= 0.6 is 0 Å². The van der Waals surface area contributed by atoms with Gasteiger partial charge in [0, 0.05) is 18.5 Å². The van der Waals surface area contributed by atoms with Gasteiger partial charge in [0.15, 0.2) is 5.78 Å². The molecule has 1 aliphatic heterocycles. The van der Waals surface area contributed by atoms with Crippen LogP contribution in [0.1, 0.15) is 35.2 Å². The van der Waals surface area contributed by atoms with E-state index in [1.54, 1.807) is 30.3 Å². The summed E-state index contributed by atoms with van der Waals surface area (Å²) in [4.78, 5) is 15.2. The zero-order valence-corrected chi connectivity index (χ0v) is 16.2. The fourth-order valence-electron chi connectivity index (χ4n) is 3.63. The van der Waals surface area contributed by atoms with Crippen LogP contribution in [0.4, 0.5) is 0 Å². The number of nitrogens with zero attached hydrogens (tertiary/aromatic N) is 1. The molecule has 0 bridgehead atoms. The number of β-amino-alcohol motifs (C(OH)–C–C–N with tert-alkyl or cyclic N) is 1. The first kappa shape index (κ1) is 20.5. The number of ketones is 1. The molecule has 0 saturated carbocycles. The summed E-state index contributed by atoms with van der Waals surface area (Å²) in [6, 6.07) is 15.9. The summed E-state index contributed by atoms with van der Waals surface area (Å²) in [5.41, 5.74) is 1.40. The fraction of sp³-hybridized carbons (Fsp3) is 0.435. The molecule has 1 saturated heterocycles. The molecule has 1 aliphatic rings. The summed E-state index contributed by atoms with van der Waals surface area (Å²) in [7, 11) is 0. The molecule has 0 spiro atoms. The molecule has 5 nitrogen and oxygen atoms in total. The third-order valence-corrected chi connectivity index (χ3v) is 5.09. The van der Waals surface area contributed by atoms with E-state index in [9.17, 15) is 15.0 Å². The number of Topliss-reactive ketones (excluding diaryl/α,β-unsaturated/α-hetero) is 1. The van der Waals surface area contributed by atoms with E-state index in [-0.39, 0.29) is 18.1 Å². The van der Waals surface area contributed by atoms with Gasteiger partial charge in [-0.2, -0.15) is 0 Å². The van der Waals surface area contributed by atoms with Crippen LogP contribution in [-0.4, -0.2) is 59.3 Å². The van der Waals surface area contributed by atoms with Gasteiger partial charge in [-0.3, -0.25) is 4.79 Å². The topological polar surface area (TPSA) is 70.0 Å². The van der Waals surface area contributed by atoms with Crippen molar-refractivity contribution in [3.8, 4) is 5.75 Å². The number of piperidine rings is 1. The minimum atomic E-state index is -0.708. The Morgan fingerprint density at radius 2 is 1.79 bits per heavy atom. The van der Waals surface area contributed by atoms with Crippen LogP contribution < -0.4 is 0 Å². The molecular weight excluding hydrogens is 354 g/mol. The summed E-state index contributed by atoms with van der Waals surface area (Å²) in [6.45, 7) is 2.69. The molecule has 3 rings (SSSR count). The Balaban J connectivity index is 1.64. The molecule has 0 amide bonds. The highest BCUT2D eigenvalue weighted by Gasteiger charge is 2.23. The fourth-order valence-corrected chi connectivity index (χ4v) is 3.63. The van der Waals surface area contributed by atoms with Crippen molar-refractivity contribution in [3.05, 3.63) is 65.7 Å². The van der Waals surface area contributed by atoms with Gasteiger partial charge in [0.25, 0.3) is 0 Å². The van der Waals surface area contributed by atoms with Crippen LogP contribution in [0.5, 0.6) is 5.75 Å². The molecule has 2 aromatic carbocycles. The highest BCUT2D eigenvalue weighted by Crippen LogP contribution is 2.17. The van der Waals surface area contributed by atoms with Crippen LogP contribution in [0.3, 0.4) is 0 Å². The smallest absolute Gasteiger partial charge is 0.191 e. The normalized spacial score (nSPS) is 17.2. The molecule has 5 heteroatoms. The first-order valence-corrected chi connectivity index (χ1v) is 10.0. The third kappa shape index (κ3) is 6.16. The lowest BCUT2D eigenvalue weighted by molar-refractivity contribution is -0.0151. The van der Waals surface area contributed by atoms with E-state index in [4.69, 9.17) is 4.74 Å². The molecule has 1 heterocycles. The lowest BCUT2D eigenvalue weighted by atomic mass is 9.99. The molecule has 2 N–H and O–H groups in total. The summed E-state index contributed by atoms with van der Waals surface area (Å²) in [5, 5.41) is 20.1. The van der Waals surface area contributed by atoms with Crippen molar-refractivity contribution in [3.63, 3.8) is 0 Å². The van der Waals surface area contributed by atoms with Crippen molar-refractivity contribution in [1.82, 2.24) is 4.90 Å². The molecule has 0 aromatic heterocycles. The quantitative estimate of drug-likeness (QED) is 0.652. The van der Waals surface area contributed by atoms with E-state index in [0.29, 0.717) is 18.5 Å². The maximum absolute atomic E-state index is 13.0. The van der Waals surface area contributed by atoms with E-state index >= 15 is 0 Å². The number of likely N-dealkylation sites (tertiary alicyclic amines) is 1. The average molecular weight is 383 g/mol. The van der Waals surface area contributed by atoms with Crippen molar-refractivity contribution >= 4 is 5.78 Å². The van der Waals surface area contributed by atoms with Crippen LogP contribution in [0.15, 0.2) is 54.6 Å². The van der Waals surface area contributed by atoms with Crippen molar-refractivity contribution in [2.75, 3.05) is 26.2 Å². The number of benzene rings is 2. The maximum atomic E-state index is 13.0. The monoisotopic (exact) mass is 383 g/mol. The largest absolute Gasteiger partial charge is 0.508 e. The Labute approximate surface area is 166 Å². The van der Waals surface area contributed by atoms with Gasteiger partial charge in [-0.25, -0.2) is 0 Å². The Morgan fingerprint density at radius 1 is 1.04 bits per heavy atom. The Hall–Kier alpha value is -2.21. The first-order chi connectivity index (χ1) is 13.6. The van der Waals surface area contributed by atoms with E-state index in [0.717, 1.165) is 18.7 Å². The Morgan fingerprint density at radius 3 is 2.50 bits per heavy atom. The number of aliphatic hydroxyl groups is 1. The molecule has 2 atom stereocenters. The highest BCUT2D eigenvalue weighted by atomic mass is 16.5. The number of rotatable bonds is 9. The summed E-state index contributed by atoms with van der Waals surface area (Å²) in [5.74, 6) is 0.0441. The standard InChI is InChI=1S/C23H29NO4/c25-20-11-7-8-18(14-20)15-22(23(27)19-9-3-1-4-10-19)28-17-21(26)16-24-12-5-2-6-13-24/h1,3-4,7-11,14,21-22,25-26H,2,5-6,12-13,15-17H2. The molecule has 28 heavy (non-hydrogen) atoms. The van der Waals surface area contributed by atoms with Gasteiger partial charge >= 0.3 is 0 Å². The van der Waals surface area contributed by atoms with Crippen molar-refractivity contribution in [2.45, 2.75) is 37.9 Å². The zero-order valence-electron chi connectivity index (χ0n) is 16.2. The van der Waals surface area contributed by atoms with Crippen LogP contribution in [0.2, 0.25) is 0 Å². The van der Waals surface area contributed by atoms with Crippen molar-refractivity contribution in [2.24, 2.45) is 0 Å². The maximum Gasteiger partial charge on any atom is 0.191 e. The molecule has 2 unspecified atom stereocenters. The summed E-state index contributed by atoms with van der Waals surface area (Å²) in [6.07, 6.45) is 2.59. The molecule has 0 aliphatic carbocycles. The number of aromatic hydroxyl groups is 1. The molecule has 150 valence electrons. The number of phenols is 1. The summed E-state index contributed by atoms with van der Waals surface area (Å²) < 4.78 is 5.90. The van der Waals surface area contributed by atoms with Crippen LogP contribution in [0, 0.1) is 0 Å². The van der Waals surface area contributed by atoms with E-state index in [1.807, 2.05) is 24.3 Å². The minimum Gasteiger partial charge on any atom is -0.508 e. The Bertz CT molecular complexity index is 743. The molecule has 2 aromatic rings. The second-order valence-electron chi connectivity index (χ2n) is 7.44. The third-order valence-electron chi connectivity index (χ3n) is 5.09. The van der Waals surface area contributed by atoms with Gasteiger partial charge in [0.05, 0.1) is 12.7 Å². The SMILES string of the molecule is O=C(c1ccccc1)C(Cc1cccc(O)c1)OCC(O)CN1CCCCC1. The van der Waals surface area contributed by atoms with E-state index in [1.165, 1.54) is 19.3 Å². The number of carbonyl (C=O) groups is 1. The van der Waals surface area contributed by atoms with Gasteiger partial charge in [0.1, 0.15) is 11.9 Å². The summed E-state index contributed by atoms with van der Waals surface area (Å²) >= 11 is 0. The molecule has 0 radical (unpaired) electrons. The number of ether oxygens (including phenoxy) is 1. The lowest BCUT2D eigenvalue weighted by Crippen LogP contribution is -2.39. The van der Waals surface area contributed by atoms with Gasteiger partial charge < -0.3 is 19.8 Å². The zero-order chi connectivity index (χ0) is 19.8. The van der Waals surface area contributed by atoms with E-state index in [2.05, 4.69) is 4.90 Å². The van der Waals surface area contributed by atoms with Crippen molar-refractivity contribution in [1.29, 1.82) is 0 Å². The van der Waals surface area contributed by atoms with Gasteiger partial charge in [-0.1, -0.05) is 48.9 Å². The van der Waals surface area contributed by atoms with Crippen LogP contribution in [0.25, 0.3) is 0 Å². The second kappa shape index (κ2) is 10.4. The predicted molar refractivity (Wildman–Crippen MR) is 109 cm³/mol. The number of hydrogen-bond acceptors (Lipinski definition) is 5. The van der Waals surface area contributed by atoms with Crippen LogP contribution in [-0.2, 0) is 11.2 Å².